The van der Waals surface area contributed by atoms with Gasteiger partial charge in [-0.3, -0.25) is 9.36 Å². The summed E-state index contributed by atoms with van der Waals surface area (Å²) in [7, 11) is 1.58. The Kier molecular flexibility index (Phi) is 8.26. The molecule has 9 nitrogen and oxygen atoms in total. The molecule has 0 unspecified atom stereocenters. The van der Waals surface area contributed by atoms with Crippen molar-refractivity contribution in [2.24, 2.45) is 4.99 Å². The summed E-state index contributed by atoms with van der Waals surface area (Å²) in [5, 5.41) is 0. The first-order valence-electron chi connectivity index (χ1n) is 13.5. The average molecular weight is 587 g/mol. The van der Waals surface area contributed by atoms with E-state index < -0.39 is 18.0 Å². The number of fused-ring (bicyclic) bond motifs is 1. The molecule has 3 heterocycles. The summed E-state index contributed by atoms with van der Waals surface area (Å²) in [5.74, 6) is 0.684. The van der Waals surface area contributed by atoms with Gasteiger partial charge in [-0.25, -0.2) is 14.6 Å². The minimum Gasteiger partial charge on any atom is -0.496 e. The lowest BCUT2D eigenvalue weighted by Crippen LogP contribution is -2.40. The Hall–Kier alpha value is -4.70. The minimum absolute atomic E-state index is 0.188. The van der Waals surface area contributed by atoms with E-state index in [1.165, 1.54) is 15.9 Å². The number of allylic oxidation sites excluding steroid dienone is 1. The number of aromatic nitrogens is 1. The van der Waals surface area contributed by atoms with Gasteiger partial charge in [0.15, 0.2) is 4.80 Å². The number of ether oxygens (including phenoxy) is 3. The van der Waals surface area contributed by atoms with E-state index >= 15 is 0 Å². The second-order valence-electron chi connectivity index (χ2n) is 9.53. The van der Waals surface area contributed by atoms with Crippen LogP contribution in [0.3, 0.4) is 0 Å². The number of carbonyl (C=O) groups excluding carboxylic acids is 2. The van der Waals surface area contributed by atoms with Crippen molar-refractivity contribution < 1.29 is 28.2 Å². The number of hydrogen-bond donors (Lipinski definition) is 0. The van der Waals surface area contributed by atoms with E-state index in [2.05, 4.69) is 4.99 Å². The highest BCUT2D eigenvalue weighted by Crippen LogP contribution is 2.33. The zero-order valence-corrected chi connectivity index (χ0v) is 24.7. The summed E-state index contributed by atoms with van der Waals surface area (Å²) in [5.41, 5.74) is 3.19. The van der Waals surface area contributed by atoms with Crippen LogP contribution in [0.15, 0.2) is 80.1 Å². The Labute approximate surface area is 246 Å². The lowest BCUT2D eigenvalue weighted by atomic mass is 9.95. The highest BCUT2D eigenvalue weighted by molar-refractivity contribution is 7.07. The number of nitrogens with zero attached hydrogens (tertiary/aromatic N) is 2. The maximum absolute atomic E-state index is 13.9. The van der Waals surface area contributed by atoms with E-state index in [1.807, 2.05) is 31.2 Å². The number of furan rings is 1. The molecule has 0 fully saturated rings. The van der Waals surface area contributed by atoms with Gasteiger partial charge in [0.1, 0.15) is 17.3 Å². The molecule has 1 aliphatic rings. The molecule has 0 aliphatic carbocycles. The summed E-state index contributed by atoms with van der Waals surface area (Å²) < 4.78 is 24.0. The highest BCUT2D eigenvalue weighted by Gasteiger charge is 2.33. The van der Waals surface area contributed by atoms with Crippen molar-refractivity contribution in [3.8, 4) is 17.1 Å². The Balaban J connectivity index is 1.60. The smallest absolute Gasteiger partial charge is 0.338 e. The van der Waals surface area contributed by atoms with Crippen molar-refractivity contribution in [3.05, 3.63) is 108 Å². The summed E-state index contributed by atoms with van der Waals surface area (Å²) >= 11 is 1.21. The fourth-order valence-electron chi connectivity index (χ4n) is 4.84. The quantitative estimate of drug-likeness (QED) is 0.279. The van der Waals surface area contributed by atoms with Crippen LogP contribution in [-0.4, -0.2) is 36.8 Å². The Morgan fingerprint density at radius 2 is 1.79 bits per heavy atom. The number of methoxy groups -OCH3 is 1. The Bertz CT molecular complexity index is 1890. The van der Waals surface area contributed by atoms with Crippen LogP contribution in [0.1, 0.15) is 54.1 Å². The molecule has 4 aromatic rings. The predicted molar refractivity (Wildman–Crippen MR) is 158 cm³/mol. The third kappa shape index (κ3) is 5.45. The van der Waals surface area contributed by atoms with E-state index in [0.29, 0.717) is 54.6 Å². The molecule has 0 N–H and O–H groups in total. The predicted octanol–water partition coefficient (Wildman–Crippen LogP) is 4.55. The molecule has 1 aliphatic heterocycles. The number of rotatable bonds is 8. The molecule has 0 saturated heterocycles. The van der Waals surface area contributed by atoms with Gasteiger partial charge in [-0.15, -0.1) is 0 Å². The highest BCUT2D eigenvalue weighted by atomic mass is 32.1. The standard InChI is InChI=1S/C32H30N2O7S/c1-6-39-30(36)22-10-8-9-20(15-22)24-14-13-23(41-24)17-26-29(35)34-28(21-12-11-18(3)25(16-21)38-5)27(31(37)40-7-2)19(4)33-32(34)42-26/h8-17,28H,6-7H2,1-5H3/b26-17+/t28-/m1/s1. The molecule has 2 aromatic heterocycles. The number of carbonyl (C=O) groups is 2. The first-order valence-corrected chi connectivity index (χ1v) is 14.3. The molecule has 5 rings (SSSR count). The van der Waals surface area contributed by atoms with Crippen molar-refractivity contribution in [1.29, 1.82) is 0 Å². The topological polar surface area (TPSA) is 109 Å². The zero-order chi connectivity index (χ0) is 30.0. The van der Waals surface area contributed by atoms with Gasteiger partial charge in [0, 0.05) is 11.6 Å². The van der Waals surface area contributed by atoms with Crippen molar-refractivity contribution in [1.82, 2.24) is 4.57 Å². The first kappa shape index (κ1) is 28.8. The first-order chi connectivity index (χ1) is 20.2. The van der Waals surface area contributed by atoms with Crippen molar-refractivity contribution in [3.63, 3.8) is 0 Å². The van der Waals surface area contributed by atoms with Crippen LogP contribution in [-0.2, 0) is 14.3 Å². The van der Waals surface area contributed by atoms with Crippen LogP contribution in [0.5, 0.6) is 5.75 Å². The van der Waals surface area contributed by atoms with Crippen LogP contribution in [0.25, 0.3) is 17.4 Å². The minimum atomic E-state index is -0.755. The van der Waals surface area contributed by atoms with Crippen LogP contribution < -0.4 is 19.6 Å². The molecule has 1 atom stereocenters. The fourth-order valence-corrected chi connectivity index (χ4v) is 5.87. The van der Waals surface area contributed by atoms with Crippen LogP contribution in [0, 0.1) is 6.92 Å². The van der Waals surface area contributed by atoms with Gasteiger partial charge in [-0.2, -0.15) is 0 Å². The van der Waals surface area contributed by atoms with Gasteiger partial charge in [0.2, 0.25) is 0 Å². The molecule has 0 bridgehead atoms. The molecule has 0 amide bonds. The lowest BCUT2D eigenvalue weighted by molar-refractivity contribution is -0.139. The van der Waals surface area contributed by atoms with E-state index in [-0.39, 0.29) is 18.8 Å². The molecule has 0 radical (unpaired) electrons. The summed E-state index contributed by atoms with van der Waals surface area (Å²) in [6.45, 7) is 7.62. The van der Waals surface area contributed by atoms with Gasteiger partial charge in [-0.05, 0) is 69.2 Å². The molecule has 216 valence electrons. The van der Waals surface area contributed by atoms with Crippen molar-refractivity contribution in [2.75, 3.05) is 20.3 Å². The normalized spacial score (nSPS) is 14.8. The van der Waals surface area contributed by atoms with E-state index in [0.717, 1.165) is 5.56 Å². The molecular formula is C32H30N2O7S. The van der Waals surface area contributed by atoms with E-state index in [4.69, 9.17) is 18.6 Å². The average Bonchev–Trinajstić information content (AvgIpc) is 3.57. The van der Waals surface area contributed by atoms with Crippen LogP contribution in [0.2, 0.25) is 0 Å². The summed E-state index contributed by atoms with van der Waals surface area (Å²) in [6, 6.07) is 15.3. The lowest BCUT2D eigenvalue weighted by Gasteiger charge is -2.25. The second-order valence-corrected chi connectivity index (χ2v) is 10.5. The van der Waals surface area contributed by atoms with Crippen LogP contribution >= 0.6 is 11.3 Å². The number of aryl methyl sites for hydroxylation is 1. The summed E-state index contributed by atoms with van der Waals surface area (Å²) in [4.78, 5) is 44.3. The second kappa shape index (κ2) is 12.0. The zero-order valence-electron chi connectivity index (χ0n) is 23.9. The molecule has 0 saturated carbocycles. The van der Waals surface area contributed by atoms with Crippen molar-refractivity contribution in [2.45, 2.75) is 33.7 Å². The maximum atomic E-state index is 13.9. The van der Waals surface area contributed by atoms with Crippen LogP contribution in [0.4, 0.5) is 0 Å². The fraction of sp³-hybridized carbons (Fsp3) is 0.250. The number of hydrogen-bond acceptors (Lipinski definition) is 9. The number of benzene rings is 2. The van der Waals surface area contributed by atoms with Gasteiger partial charge >= 0.3 is 11.9 Å². The third-order valence-corrected chi connectivity index (χ3v) is 7.81. The molecular weight excluding hydrogens is 556 g/mol. The van der Waals surface area contributed by atoms with E-state index in [1.54, 1.807) is 64.3 Å². The molecule has 10 heteroatoms. The van der Waals surface area contributed by atoms with Crippen molar-refractivity contribution >= 4 is 29.4 Å². The Morgan fingerprint density at radius 1 is 1.02 bits per heavy atom. The van der Waals surface area contributed by atoms with Gasteiger partial charge in [0.25, 0.3) is 5.56 Å². The number of esters is 2. The number of thiazole rings is 1. The van der Waals surface area contributed by atoms with Gasteiger partial charge in [-0.1, -0.05) is 35.6 Å². The summed E-state index contributed by atoms with van der Waals surface area (Å²) in [6.07, 6.45) is 1.65. The van der Waals surface area contributed by atoms with Gasteiger partial charge in [0.05, 0.1) is 47.7 Å². The third-order valence-electron chi connectivity index (χ3n) is 6.82. The monoisotopic (exact) mass is 586 g/mol. The molecule has 42 heavy (non-hydrogen) atoms. The molecule has 2 aromatic carbocycles. The van der Waals surface area contributed by atoms with Gasteiger partial charge < -0.3 is 18.6 Å². The van der Waals surface area contributed by atoms with E-state index in [9.17, 15) is 14.4 Å². The Morgan fingerprint density at radius 3 is 2.52 bits per heavy atom. The molecule has 0 spiro atoms. The largest absolute Gasteiger partial charge is 0.496 e. The SMILES string of the molecule is CCOC(=O)C1=C(C)N=c2s/c(=C/c3ccc(-c4cccc(C(=O)OCC)c4)o3)c(=O)n2[C@@H]1c1ccc(C)c(OC)c1. The maximum Gasteiger partial charge on any atom is 0.338 e.